The van der Waals surface area contributed by atoms with Gasteiger partial charge < -0.3 is 25.2 Å². The number of carbonyl (C=O) groups is 3. The number of anilines is 1. The van der Waals surface area contributed by atoms with Crippen LogP contribution in [-0.4, -0.2) is 48.9 Å². The molecule has 2 amide bonds. The number of ether oxygens (including phenoxy) is 2. The first kappa shape index (κ1) is 24.0. The zero-order valence-electron chi connectivity index (χ0n) is 19.4. The standard InChI is InChI=1S/C27H26N2O6/c1-16(34-2)24(25(30)28-18-13-11-17(12-14-18)26(31)32)29-27(33)35-15-23-21-9-5-3-7-19(21)20-8-4-6-10-22(20)23/h3-14,16,23-24H,15H2,1-2H3,(H,28,30)(H,29,33)(H,31,32)/t16-,24+/m1/s1. The van der Waals surface area contributed by atoms with Crippen molar-refractivity contribution in [3.8, 4) is 11.1 Å². The van der Waals surface area contributed by atoms with Crippen molar-refractivity contribution < 1.29 is 29.0 Å². The summed E-state index contributed by atoms with van der Waals surface area (Å²) in [6, 6.07) is 20.7. The fourth-order valence-corrected chi connectivity index (χ4v) is 4.22. The second-order valence-corrected chi connectivity index (χ2v) is 8.26. The van der Waals surface area contributed by atoms with Crippen LogP contribution < -0.4 is 10.6 Å². The minimum absolute atomic E-state index is 0.0987. The van der Waals surface area contributed by atoms with Crippen molar-refractivity contribution >= 4 is 23.7 Å². The zero-order chi connectivity index (χ0) is 24.9. The molecule has 1 aliphatic rings. The predicted molar refractivity (Wildman–Crippen MR) is 130 cm³/mol. The number of carboxylic acids is 1. The summed E-state index contributed by atoms with van der Waals surface area (Å²) in [5.41, 5.74) is 4.91. The van der Waals surface area contributed by atoms with E-state index >= 15 is 0 Å². The Balaban J connectivity index is 1.42. The van der Waals surface area contributed by atoms with Gasteiger partial charge in [-0.25, -0.2) is 9.59 Å². The van der Waals surface area contributed by atoms with Crippen LogP contribution in [0, 0.1) is 0 Å². The maximum Gasteiger partial charge on any atom is 0.407 e. The molecule has 35 heavy (non-hydrogen) atoms. The third-order valence-electron chi connectivity index (χ3n) is 6.14. The number of methoxy groups -OCH3 is 1. The first-order valence-electron chi connectivity index (χ1n) is 11.2. The molecule has 4 rings (SSSR count). The van der Waals surface area contributed by atoms with Crippen molar-refractivity contribution in [3.63, 3.8) is 0 Å². The van der Waals surface area contributed by atoms with E-state index in [0.29, 0.717) is 5.69 Å². The number of aromatic carboxylic acids is 1. The molecule has 180 valence electrons. The highest BCUT2D eigenvalue weighted by Gasteiger charge is 2.31. The van der Waals surface area contributed by atoms with Crippen LogP contribution in [0.1, 0.15) is 34.3 Å². The Morgan fingerprint density at radius 1 is 0.914 bits per heavy atom. The monoisotopic (exact) mass is 474 g/mol. The van der Waals surface area contributed by atoms with E-state index in [4.69, 9.17) is 14.6 Å². The van der Waals surface area contributed by atoms with Gasteiger partial charge in [0.15, 0.2) is 0 Å². The van der Waals surface area contributed by atoms with E-state index in [1.54, 1.807) is 6.92 Å². The molecule has 3 N–H and O–H groups in total. The van der Waals surface area contributed by atoms with Crippen LogP contribution in [0.3, 0.4) is 0 Å². The Kier molecular flexibility index (Phi) is 7.12. The average molecular weight is 475 g/mol. The average Bonchev–Trinajstić information content (AvgIpc) is 3.19. The van der Waals surface area contributed by atoms with Crippen molar-refractivity contribution in [2.45, 2.75) is 25.0 Å². The normalized spacial score (nSPS) is 13.8. The van der Waals surface area contributed by atoms with Crippen molar-refractivity contribution in [2.75, 3.05) is 19.0 Å². The number of alkyl carbamates (subject to hydrolysis) is 1. The largest absolute Gasteiger partial charge is 0.478 e. The second kappa shape index (κ2) is 10.4. The summed E-state index contributed by atoms with van der Waals surface area (Å²) in [6.45, 7) is 1.77. The molecule has 0 aromatic heterocycles. The molecule has 2 atom stereocenters. The van der Waals surface area contributed by atoms with Crippen LogP contribution in [-0.2, 0) is 14.3 Å². The van der Waals surface area contributed by atoms with Crippen LogP contribution in [0.4, 0.5) is 10.5 Å². The number of benzene rings is 3. The molecule has 8 nitrogen and oxygen atoms in total. The van der Waals surface area contributed by atoms with Crippen molar-refractivity contribution in [2.24, 2.45) is 0 Å². The van der Waals surface area contributed by atoms with Gasteiger partial charge >= 0.3 is 12.1 Å². The van der Waals surface area contributed by atoms with Crippen molar-refractivity contribution in [1.82, 2.24) is 5.32 Å². The van der Waals surface area contributed by atoms with E-state index in [1.807, 2.05) is 36.4 Å². The molecule has 0 bridgehead atoms. The maximum atomic E-state index is 12.9. The van der Waals surface area contributed by atoms with Gasteiger partial charge in [-0.2, -0.15) is 0 Å². The predicted octanol–water partition coefficient (Wildman–Crippen LogP) is 4.27. The summed E-state index contributed by atoms with van der Waals surface area (Å²) in [6.07, 6.45) is -1.38. The van der Waals surface area contributed by atoms with Gasteiger partial charge in [0.2, 0.25) is 5.91 Å². The molecule has 0 spiro atoms. The second-order valence-electron chi connectivity index (χ2n) is 8.26. The smallest absolute Gasteiger partial charge is 0.407 e. The first-order valence-corrected chi connectivity index (χ1v) is 11.2. The van der Waals surface area contributed by atoms with Crippen LogP contribution in [0.25, 0.3) is 11.1 Å². The molecular formula is C27H26N2O6. The quantitative estimate of drug-likeness (QED) is 0.449. The SMILES string of the molecule is CO[C@H](C)[C@H](NC(=O)OCC1c2ccccc2-c2ccccc21)C(=O)Nc1ccc(C(=O)O)cc1. The summed E-state index contributed by atoms with van der Waals surface area (Å²) in [5.74, 6) is -1.69. The number of nitrogens with one attached hydrogen (secondary N) is 2. The fraction of sp³-hybridized carbons (Fsp3) is 0.222. The summed E-state index contributed by atoms with van der Waals surface area (Å²) in [5, 5.41) is 14.3. The Hall–Kier alpha value is -4.17. The topological polar surface area (TPSA) is 114 Å². The number of amides is 2. The van der Waals surface area contributed by atoms with E-state index in [0.717, 1.165) is 22.3 Å². The summed E-state index contributed by atoms with van der Waals surface area (Å²) in [4.78, 5) is 36.6. The molecule has 3 aromatic rings. The summed E-state index contributed by atoms with van der Waals surface area (Å²) < 4.78 is 10.8. The molecule has 0 radical (unpaired) electrons. The number of hydrogen-bond donors (Lipinski definition) is 3. The summed E-state index contributed by atoms with van der Waals surface area (Å²) in [7, 11) is 1.44. The Morgan fingerprint density at radius 3 is 2.03 bits per heavy atom. The van der Waals surface area contributed by atoms with Crippen LogP contribution >= 0.6 is 0 Å². The molecule has 8 heteroatoms. The summed E-state index contributed by atoms with van der Waals surface area (Å²) >= 11 is 0. The van der Waals surface area contributed by atoms with Gasteiger partial charge in [-0.05, 0) is 53.4 Å². The van der Waals surface area contributed by atoms with Crippen LogP contribution in [0.2, 0.25) is 0 Å². The molecule has 1 aliphatic carbocycles. The van der Waals surface area contributed by atoms with Crippen LogP contribution in [0.15, 0.2) is 72.8 Å². The number of rotatable bonds is 8. The molecule has 0 heterocycles. The molecule has 0 aliphatic heterocycles. The lowest BCUT2D eigenvalue weighted by atomic mass is 9.98. The third-order valence-corrected chi connectivity index (χ3v) is 6.14. The molecule has 3 aromatic carbocycles. The van der Waals surface area contributed by atoms with Gasteiger partial charge in [-0.1, -0.05) is 48.5 Å². The minimum atomic E-state index is -1.06. The lowest BCUT2D eigenvalue weighted by molar-refractivity contribution is -0.121. The Bertz CT molecular complexity index is 1190. The highest BCUT2D eigenvalue weighted by atomic mass is 16.5. The van der Waals surface area contributed by atoms with Gasteiger partial charge in [-0.15, -0.1) is 0 Å². The number of hydrogen-bond acceptors (Lipinski definition) is 5. The molecular weight excluding hydrogens is 448 g/mol. The van der Waals surface area contributed by atoms with Gasteiger partial charge in [0.1, 0.15) is 12.6 Å². The van der Waals surface area contributed by atoms with E-state index in [2.05, 4.69) is 22.8 Å². The number of fused-ring (bicyclic) bond motifs is 3. The van der Waals surface area contributed by atoms with E-state index < -0.39 is 30.1 Å². The lowest BCUT2D eigenvalue weighted by Crippen LogP contribution is -2.51. The highest BCUT2D eigenvalue weighted by molar-refractivity contribution is 5.97. The maximum absolute atomic E-state index is 12.9. The van der Waals surface area contributed by atoms with E-state index in [-0.39, 0.29) is 18.1 Å². The lowest BCUT2D eigenvalue weighted by Gasteiger charge is -2.23. The van der Waals surface area contributed by atoms with E-state index in [9.17, 15) is 14.4 Å². The zero-order valence-corrected chi connectivity index (χ0v) is 19.4. The molecule has 0 unspecified atom stereocenters. The van der Waals surface area contributed by atoms with Crippen LogP contribution in [0.5, 0.6) is 0 Å². The molecule has 0 saturated heterocycles. The van der Waals surface area contributed by atoms with Gasteiger partial charge in [0, 0.05) is 18.7 Å². The fourth-order valence-electron chi connectivity index (χ4n) is 4.22. The van der Waals surface area contributed by atoms with Crippen molar-refractivity contribution in [1.29, 1.82) is 0 Å². The van der Waals surface area contributed by atoms with E-state index in [1.165, 1.54) is 31.4 Å². The van der Waals surface area contributed by atoms with Gasteiger partial charge in [-0.3, -0.25) is 4.79 Å². The van der Waals surface area contributed by atoms with Crippen molar-refractivity contribution in [3.05, 3.63) is 89.5 Å². The minimum Gasteiger partial charge on any atom is -0.478 e. The van der Waals surface area contributed by atoms with Gasteiger partial charge in [0.05, 0.1) is 11.7 Å². The first-order chi connectivity index (χ1) is 16.9. The third kappa shape index (κ3) is 5.17. The number of carbonyl (C=O) groups excluding carboxylic acids is 2. The van der Waals surface area contributed by atoms with Gasteiger partial charge in [0.25, 0.3) is 0 Å². The number of carboxylic acid groups (broad SMARTS) is 1. The Morgan fingerprint density at radius 2 is 1.49 bits per heavy atom. The molecule has 0 fully saturated rings. The molecule has 0 saturated carbocycles. The highest BCUT2D eigenvalue weighted by Crippen LogP contribution is 2.44. The Labute approximate surface area is 202 Å².